The predicted molar refractivity (Wildman–Crippen MR) is 113 cm³/mol. The summed E-state index contributed by atoms with van der Waals surface area (Å²) in [5, 5.41) is 13.7. The van der Waals surface area contributed by atoms with E-state index in [0.717, 1.165) is 40.5 Å². The zero-order valence-electron chi connectivity index (χ0n) is 17.0. The first-order valence-electron chi connectivity index (χ1n) is 10.6. The number of carbonyl (C=O) groups is 1. The van der Waals surface area contributed by atoms with Crippen molar-refractivity contribution in [1.29, 1.82) is 5.26 Å². The summed E-state index contributed by atoms with van der Waals surface area (Å²) in [4.78, 5) is 17.6. The summed E-state index contributed by atoms with van der Waals surface area (Å²) in [5.74, 6) is 2.96. The molecule has 0 spiro atoms. The van der Waals surface area contributed by atoms with Crippen molar-refractivity contribution in [2.75, 3.05) is 0 Å². The second-order valence-electron chi connectivity index (χ2n) is 9.39. The smallest absolute Gasteiger partial charge is 0.259 e. The molecule has 0 N–H and O–H groups in total. The first-order chi connectivity index (χ1) is 14.0. The van der Waals surface area contributed by atoms with Gasteiger partial charge in [0.1, 0.15) is 6.07 Å². The predicted octanol–water partition coefficient (Wildman–Crippen LogP) is 5.14. The van der Waals surface area contributed by atoms with Crippen LogP contribution in [0, 0.1) is 42.9 Å². The Morgan fingerprint density at radius 2 is 1.86 bits per heavy atom. The van der Waals surface area contributed by atoms with Crippen molar-refractivity contribution in [1.82, 2.24) is 14.8 Å². The molecule has 6 rings (SSSR count). The third kappa shape index (κ3) is 3.30. The first-order valence-corrected chi connectivity index (χ1v) is 11.6. The van der Waals surface area contributed by atoms with Crippen molar-refractivity contribution in [3.8, 4) is 6.07 Å². The Morgan fingerprint density at radius 3 is 2.41 bits per heavy atom. The van der Waals surface area contributed by atoms with Crippen LogP contribution in [0.5, 0.6) is 0 Å². The lowest BCUT2D eigenvalue weighted by atomic mass is 9.49. The fourth-order valence-corrected chi connectivity index (χ4v) is 7.23. The van der Waals surface area contributed by atoms with Crippen LogP contribution in [0.25, 0.3) is 0 Å². The molecule has 0 aliphatic heterocycles. The van der Waals surface area contributed by atoms with Gasteiger partial charge in [-0.25, -0.2) is 0 Å². The quantitative estimate of drug-likeness (QED) is 0.706. The van der Waals surface area contributed by atoms with Crippen LogP contribution >= 0.6 is 11.8 Å². The Hall–Kier alpha value is -2.13. The third-order valence-corrected chi connectivity index (χ3v) is 8.03. The number of nitriles is 1. The van der Waals surface area contributed by atoms with E-state index in [2.05, 4.69) is 17.2 Å². The van der Waals surface area contributed by atoms with Crippen LogP contribution in [0.4, 0.5) is 4.79 Å². The molecule has 4 bridgehead atoms. The topological polar surface area (TPSA) is 71.6 Å². The molecule has 6 heteroatoms. The molecule has 0 atom stereocenters. The van der Waals surface area contributed by atoms with Crippen LogP contribution in [-0.4, -0.2) is 20.0 Å². The van der Waals surface area contributed by atoms with E-state index in [4.69, 9.17) is 4.98 Å². The van der Waals surface area contributed by atoms with E-state index in [9.17, 15) is 10.1 Å². The highest BCUT2D eigenvalue weighted by molar-refractivity contribution is 8.12. The van der Waals surface area contributed by atoms with E-state index in [-0.39, 0.29) is 10.7 Å². The maximum atomic E-state index is 12.6. The average molecular weight is 407 g/mol. The average Bonchev–Trinajstić information content (AvgIpc) is 3.03. The molecular formula is C23H26N4OS. The van der Waals surface area contributed by atoms with Crippen molar-refractivity contribution in [3.63, 3.8) is 0 Å². The molecule has 4 fully saturated rings. The van der Waals surface area contributed by atoms with E-state index in [0.29, 0.717) is 11.3 Å². The van der Waals surface area contributed by atoms with Crippen LogP contribution in [-0.2, 0) is 11.2 Å². The standard InChI is InChI=1S/C23H26N4OS/c1-14-5-15(2)27(26-14)22(28)29-13-20-19(12-24)3-4-21(25-20)23-9-16-6-17(10-23)8-18(7-16)11-23/h3-5,16-18H,6-11,13H2,1-2H3. The first kappa shape index (κ1) is 18.9. The van der Waals surface area contributed by atoms with E-state index in [1.807, 2.05) is 26.0 Å². The number of thioether (sulfide) groups is 1. The number of nitrogens with zero attached hydrogens (tertiary/aromatic N) is 4. The Balaban J connectivity index is 1.40. The molecule has 0 saturated heterocycles. The highest BCUT2D eigenvalue weighted by atomic mass is 32.2. The summed E-state index contributed by atoms with van der Waals surface area (Å²) in [6.45, 7) is 3.76. The van der Waals surface area contributed by atoms with Gasteiger partial charge in [-0.15, -0.1) is 0 Å². The number of hydrogen-bond acceptors (Lipinski definition) is 5. The molecular weight excluding hydrogens is 380 g/mol. The van der Waals surface area contributed by atoms with Gasteiger partial charge in [0.2, 0.25) is 0 Å². The van der Waals surface area contributed by atoms with Gasteiger partial charge in [-0.2, -0.15) is 15.0 Å². The molecule has 4 aliphatic rings. The van der Waals surface area contributed by atoms with Crippen molar-refractivity contribution >= 4 is 17.0 Å². The number of aryl methyl sites for hydroxylation is 2. The third-order valence-electron chi connectivity index (χ3n) is 7.19. The van der Waals surface area contributed by atoms with E-state index in [1.165, 1.54) is 55.0 Å². The summed E-state index contributed by atoms with van der Waals surface area (Å²) in [6, 6.07) is 8.17. The summed E-state index contributed by atoms with van der Waals surface area (Å²) in [6.07, 6.45) is 7.93. The second kappa shape index (κ2) is 6.98. The molecule has 2 aromatic heterocycles. The minimum atomic E-state index is -0.124. The van der Waals surface area contributed by atoms with Crippen molar-refractivity contribution in [2.24, 2.45) is 17.8 Å². The van der Waals surface area contributed by atoms with Crippen LogP contribution in [0.3, 0.4) is 0 Å². The molecule has 0 radical (unpaired) electrons. The maximum absolute atomic E-state index is 12.6. The Kier molecular flexibility index (Phi) is 4.54. The van der Waals surface area contributed by atoms with E-state index >= 15 is 0 Å². The zero-order chi connectivity index (χ0) is 20.2. The molecule has 29 heavy (non-hydrogen) atoms. The van der Waals surface area contributed by atoms with E-state index in [1.54, 1.807) is 0 Å². The number of pyridine rings is 1. The molecule has 4 aliphatic carbocycles. The molecule has 5 nitrogen and oxygen atoms in total. The Bertz CT molecular complexity index is 983. The molecule has 150 valence electrons. The number of carbonyl (C=O) groups excluding carboxylic acids is 1. The number of aromatic nitrogens is 3. The van der Waals surface area contributed by atoms with Crippen LogP contribution in [0.2, 0.25) is 0 Å². The van der Waals surface area contributed by atoms with Gasteiger partial charge in [0.05, 0.1) is 17.0 Å². The van der Waals surface area contributed by atoms with Gasteiger partial charge in [0.25, 0.3) is 0 Å². The maximum Gasteiger partial charge on any atom is 0.306 e. The summed E-state index contributed by atoms with van der Waals surface area (Å²) in [5.41, 5.74) is 4.33. The normalized spacial score (nSPS) is 29.8. The SMILES string of the molecule is Cc1cc(C)n(C(=O)SCc2nc(C34CC5CC(CC(C5)C3)C4)ccc2C#N)n1. The minimum absolute atomic E-state index is 0.124. The summed E-state index contributed by atoms with van der Waals surface area (Å²) in [7, 11) is 0. The Morgan fingerprint density at radius 1 is 1.21 bits per heavy atom. The van der Waals surface area contributed by atoms with E-state index < -0.39 is 0 Å². The monoisotopic (exact) mass is 406 g/mol. The van der Waals surface area contributed by atoms with Crippen molar-refractivity contribution < 1.29 is 4.79 Å². The van der Waals surface area contributed by atoms with Gasteiger partial charge in [-0.05, 0) is 88.3 Å². The van der Waals surface area contributed by atoms with Gasteiger partial charge in [-0.1, -0.05) is 11.8 Å². The zero-order valence-corrected chi connectivity index (χ0v) is 17.8. The molecule has 4 saturated carbocycles. The molecule has 2 heterocycles. The second-order valence-corrected chi connectivity index (χ2v) is 10.3. The fraction of sp³-hybridized carbons (Fsp3) is 0.565. The van der Waals surface area contributed by atoms with Crippen LogP contribution < -0.4 is 0 Å². The van der Waals surface area contributed by atoms with Gasteiger partial charge in [0, 0.05) is 22.6 Å². The summed E-state index contributed by atoms with van der Waals surface area (Å²) >= 11 is 1.17. The minimum Gasteiger partial charge on any atom is -0.259 e. The lowest BCUT2D eigenvalue weighted by Gasteiger charge is -2.56. The van der Waals surface area contributed by atoms with Gasteiger partial charge >= 0.3 is 5.24 Å². The molecule has 0 aromatic carbocycles. The molecule has 0 amide bonds. The molecule has 0 unspecified atom stereocenters. The van der Waals surface area contributed by atoms with Crippen LogP contribution in [0.15, 0.2) is 18.2 Å². The largest absolute Gasteiger partial charge is 0.306 e. The lowest BCUT2D eigenvalue weighted by Crippen LogP contribution is -2.49. The van der Waals surface area contributed by atoms with Crippen molar-refractivity contribution in [3.05, 3.63) is 46.5 Å². The highest BCUT2D eigenvalue weighted by Crippen LogP contribution is 2.60. The fourth-order valence-electron chi connectivity index (χ4n) is 6.44. The number of hydrogen-bond donors (Lipinski definition) is 0. The van der Waals surface area contributed by atoms with Gasteiger partial charge in [0.15, 0.2) is 0 Å². The van der Waals surface area contributed by atoms with Gasteiger partial charge < -0.3 is 0 Å². The summed E-state index contributed by atoms with van der Waals surface area (Å²) < 4.78 is 1.44. The van der Waals surface area contributed by atoms with Crippen molar-refractivity contribution in [2.45, 2.75) is 63.5 Å². The lowest BCUT2D eigenvalue weighted by molar-refractivity contribution is -0.00726. The van der Waals surface area contributed by atoms with Gasteiger partial charge in [-0.3, -0.25) is 9.78 Å². The molecule has 2 aromatic rings. The number of rotatable bonds is 3. The highest BCUT2D eigenvalue weighted by Gasteiger charge is 2.52. The van der Waals surface area contributed by atoms with Crippen LogP contribution in [0.1, 0.15) is 66.9 Å². The Labute approximate surface area is 175 Å².